The maximum Gasteiger partial charge on any atom is 0.116 e. The SMILES string of the molecule is Cc1ccc(CCCc2cc(C)cc(O)c2)cc1. The first-order chi connectivity index (χ1) is 8.63. The fraction of sp³-hybridized carbons (Fsp3) is 0.294. The molecular formula is C17H20O. The molecule has 0 spiro atoms. The highest BCUT2D eigenvalue weighted by molar-refractivity contribution is 5.33. The molecule has 0 atom stereocenters. The van der Waals surface area contributed by atoms with E-state index < -0.39 is 0 Å². The number of phenolic OH excluding ortho intramolecular Hbond substituents is 1. The van der Waals surface area contributed by atoms with Crippen molar-refractivity contribution in [1.82, 2.24) is 0 Å². The molecule has 1 N–H and O–H groups in total. The van der Waals surface area contributed by atoms with E-state index in [1.54, 1.807) is 6.07 Å². The maximum atomic E-state index is 9.54. The van der Waals surface area contributed by atoms with Crippen LogP contribution in [0.4, 0.5) is 0 Å². The summed E-state index contributed by atoms with van der Waals surface area (Å²) < 4.78 is 0. The van der Waals surface area contributed by atoms with Crippen LogP contribution in [0.5, 0.6) is 5.75 Å². The van der Waals surface area contributed by atoms with Gasteiger partial charge in [0.2, 0.25) is 0 Å². The third-order valence-electron chi connectivity index (χ3n) is 3.17. The molecule has 0 fully saturated rings. The van der Waals surface area contributed by atoms with E-state index in [1.807, 2.05) is 13.0 Å². The Balaban J connectivity index is 1.90. The molecule has 0 amide bonds. The van der Waals surface area contributed by atoms with E-state index >= 15 is 0 Å². The second-order valence-electron chi connectivity index (χ2n) is 5.02. The molecule has 0 saturated carbocycles. The number of hydrogen-bond acceptors (Lipinski definition) is 1. The number of phenols is 1. The first-order valence-electron chi connectivity index (χ1n) is 6.48. The Morgan fingerprint density at radius 2 is 1.44 bits per heavy atom. The van der Waals surface area contributed by atoms with Gasteiger partial charge in [-0.25, -0.2) is 0 Å². The predicted octanol–water partition coefficient (Wildman–Crippen LogP) is 4.18. The van der Waals surface area contributed by atoms with Crippen molar-refractivity contribution in [2.45, 2.75) is 33.1 Å². The van der Waals surface area contributed by atoms with Crippen LogP contribution in [-0.2, 0) is 12.8 Å². The summed E-state index contributed by atoms with van der Waals surface area (Å²) in [5.41, 5.74) is 5.04. The van der Waals surface area contributed by atoms with Crippen LogP contribution in [0.15, 0.2) is 42.5 Å². The molecule has 2 aromatic carbocycles. The van der Waals surface area contributed by atoms with Gasteiger partial charge in [0.15, 0.2) is 0 Å². The van der Waals surface area contributed by atoms with Crippen molar-refractivity contribution in [2.75, 3.05) is 0 Å². The summed E-state index contributed by atoms with van der Waals surface area (Å²) in [6, 6.07) is 14.5. The van der Waals surface area contributed by atoms with Gasteiger partial charge in [-0.1, -0.05) is 35.9 Å². The highest BCUT2D eigenvalue weighted by atomic mass is 16.3. The lowest BCUT2D eigenvalue weighted by atomic mass is 10.0. The minimum absolute atomic E-state index is 0.375. The van der Waals surface area contributed by atoms with Gasteiger partial charge < -0.3 is 5.11 Å². The second kappa shape index (κ2) is 5.72. The fourth-order valence-electron chi connectivity index (χ4n) is 2.24. The molecule has 94 valence electrons. The first-order valence-corrected chi connectivity index (χ1v) is 6.48. The zero-order chi connectivity index (χ0) is 13.0. The molecular weight excluding hydrogens is 220 g/mol. The standard InChI is InChI=1S/C17H20O/c1-13-6-8-15(9-7-13)4-3-5-16-10-14(2)11-17(18)12-16/h6-12,18H,3-5H2,1-2H3. The van der Waals surface area contributed by atoms with E-state index in [4.69, 9.17) is 0 Å². The first kappa shape index (κ1) is 12.7. The van der Waals surface area contributed by atoms with Crippen molar-refractivity contribution in [2.24, 2.45) is 0 Å². The highest BCUT2D eigenvalue weighted by Gasteiger charge is 1.99. The van der Waals surface area contributed by atoms with E-state index in [2.05, 4.69) is 37.3 Å². The Bertz CT molecular complexity index is 491. The van der Waals surface area contributed by atoms with Gasteiger partial charge in [-0.15, -0.1) is 0 Å². The molecule has 18 heavy (non-hydrogen) atoms. The molecule has 1 heteroatoms. The summed E-state index contributed by atoms with van der Waals surface area (Å²) in [5.74, 6) is 0.375. The Hall–Kier alpha value is -1.76. The van der Waals surface area contributed by atoms with Crippen molar-refractivity contribution in [3.8, 4) is 5.75 Å². The normalized spacial score (nSPS) is 10.6. The molecule has 0 heterocycles. The van der Waals surface area contributed by atoms with Crippen molar-refractivity contribution in [3.05, 3.63) is 64.7 Å². The molecule has 0 bridgehead atoms. The zero-order valence-corrected chi connectivity index (χ0v) is 11.1. The summed E-state index contributed by atoms with van der Waals surface area (Å²) in [6.07, 6.45) is 3.23. The minimum Gasteiger partial charge on any atom is -0.508 e. The Morgan fingerprint density at radius 3 is 2.11 bits per heavy atom. The van der Waals surface area contributed by atoms with Crippen LogP contribution in [0.3, 0.4) is 0 Å². The number of rotatable bonds is 4. The molecule has 0 aromatic heterocycles. The van der Waals surface area contributed by atoms with Crippen LogP contribution < -0.4 is 0 Å². The Kier molecular flexibility index (Phi) is 4.03. The van der Waals surface area contributed by atoms with Gasteiger partial charge >= 0.3 is 0 Å². The zero-order valence-electron chi connectivity index (χ0n) is 11.1. The third-order valence-corrected chi connectivity index (χ3v) is 3.17. The fourth-order valence-corrected chi connectivity index (χ4v) is 2.24. The van der Waals surface area contributed by atoms with E-state index in [9.17, 15) is 5.11 Å². The van der Waals surface area contributed by atoms with Crippen LogP contribution in [0.2, 0.25) is 0 Å². The number of benzene rings is 2. The van der Waals surface area contributed by atoms with Crippen LogP contribution in [-0.4, -0.2) is 5.11 Å². The lowest BCUT2D eigenvalue weighted by Gasteiger charge is -2.05. The monoisotopic (exact) mass is 240 g/mol. The number of aryl methyl sites for hydroxylation is 4. The highest BCUT2D eigenvalue weighted by Crippen LogP contribution is 2.17. The topological polar surface area (TPSA) is 20.2 Å². The molecule has 1 nitrogen and oxygen atoms in total. The maximum absolute atomic E-state index is 9.54. The largest absolute Gasteiger partial charge is 0.508 e. The summed E-state index contributed by atoms with van der Waals surface area (Å²) in [7, 11) is 0. The molecule has 0 unspecified atom stereocenters. The lowest BCUT2D eigenvalue weighted by Crippen LogP contribution is -1.91. The summed E-state index contributed by atoms with van der Waals surface area (Å²) in [4.78, 5) is 0. The number of aromatic hydroxyl groups is 1. The van der Waals surface area contributed by atoms with Crippen molar-refractivity contribution in [3.63, 3.8) is 0 Å². The van der Waals surface area contributed by atoms with Gasteiger partial charge in [0.1, 0.15) is 5.75 Å². The van der Waals surface area contributed by atoms with Crippen LogP contribution in [0.25, 0.3) is 0 Å². The van der Waals surface area contributed by atoms with E-state index in [1.165, 1.54) is 16.7 Å². The Labute approximate surface area is 109 Å². The van der Waals surface area contributed by atoms with Crippen molar-refractivity contribution in [1.29, 1.82) is 0 Å². The summed E-state index contributed by atoms with van der Waals surface area (Å²) in [5, 5.41) is 9.54. The predicted molar refractivity (Wildman–Crippen MR) is 76.0 cm³/mol. The average Bonchev–Trinajstić information content (AvgIpc) is 2.30. The Morgan fingerprint density at radius 1 is 0.778 bits per heavy atom. The van der Waals surface area contributed by atoms with Gasteiger partial charge in [-0.2, -0.15) is 0 Å². The molecule has 0 aliphatic rings. The van der Waals surface area contributed by atoms with Gasteiger partial charge in [-0.05, 0) is 61.9 Å². The minimum atomic E-state index is 0.375. The summed E-state index contributed by atoms with van der Waals surface area (Å²) in [6.45, 7) is 4.13. The van der Waals surface area contributed by atoms with Gasteiger partial charge in [0.25, 0.3) is 0 Å². The molecule has 2 aromatic rings. The van der Waals surface area contributed by atoms with Gasteiger partial charge in [0, 0.05) is 0 Å². The van der Waals surface area contributed by atoms with Crippen molar-refractivity contribution >= 4 is 0 Å². The van der Waals surface area contributed by atoms with Crippen LogP contribution >= 0.6 is 0 Å². The van der Waals surface area contributed by atoms with Crippen molar-refractivity contribution < 1.29 is 5.11 Å². The average molecular weight is 240 g/mol. The molecule has 0 aliphatic carbocycles. The van der Waals surface area contributed by atoms with Crippen LogP contribution in [0, 0.1) is 13.8 Å². The number of hydrogen-bond donors (Lipinski definition) is 1. The lowest BCUT2D eigenvalue weighted by molar-refractivity contribution is 0.474. The van der Waals surface area contributed by atoms with Crippen LogP contribution in [0.1, 0.15) is 28.7 Å². The van der Waals surface area contributed by atoms with Gasteiger partial charge in [0.05, 0.1) is 0 Å². The molecule has 2 rings (SSSR count). The molecule has 0 saturated heterocycles. The van der Waals surface area contributed by atoms with Gasteiger partial charge in [-0.3, -0.25) is 0 Å². The van der Waals surface area contributed by atoms with E-state index in [0.717, 1.165) is 24.8 Å². The van der Waals surface area contributed by atoms with E-state index in [-0.39, 0.29) is 0 Å². The molecule has 0 aliphatic heterocycles. The quantitative estimate of drug-likeness (QED) is 0.849. The second-order valence-corrected chi connectivity index (χ2v) is 5.02. The van der Waals surface area contributed by atoms with E-state index in [0.29, 0.717) is 5.75 Å². The molecule has 0 radical (unpaired) electrons. The summed E-state index contributed by atoms with van der Waals surface area (Å²) >= 11 is 0. The smallest absolute Gasteiger partial charge is 0.116 e. The third kappa shape index (κ3) is 3.63.